The zero-order valence-electron chi connectivity index (χ0n) is 14.2. The van der Waals surface area contributed by atoms with Crippen LogP contribution in [-0.2, 0) is 6.54 Å². The van der Waals surface area contributed by atoms with E-state index in [0.717, 1.165) is 0 Å². The number of aryl methyl sites for hydroxylation is 1. The van der Waals surface area contributed by atoms with Crippen LogP contribution in [0.15, 0.2) is 47.3 Å². The number of rotatable bonds is 3. The van der Waals surface area contributed by atoms with Crippen molar-refractivity contribution in [3.8, 4) is 11.5 Å². The summed E-state index contributed by atoms with van der Waals surface area (Å²) in [4.78, 5) is 25.3. The Hall–Kier alpha value is -3.35. The Morgan fingerprint density at radius 2 is 1.92 bits per heavy atom. The molecule has 132 valence electrons. The molecule has 3 aromatic rings. The van der Waals surface area contributed by atoms with Gasteiger partial charge < -0.3 is 14.8 Å². The Morgan fingerprint density at radius 3 is 2.73 bits per heavy atom. The number of anilines is 1. The van der Waals surface area contributed by atoms with Crippen LogP contribution in [0.3, 0.4) is 0 Å². The Labute approximate surface area is 149 Å². The first kappa shape index (κ1) is 16.1. The number of hydrogen-bond donors (Lipinski definition) is 1. The predicted octanol–water partition coefficient (Wildman–Crippen LogP) is 2.44. The summed E-state index contributed by atoms with van der Waals surface area (Å²) in [5.74, 6) is 0.637. The quantitative estimate of drug-likeness (QED) is 0.784. The van der Waals surface area contributed by atoms with Gasteiger partial charge in [-0.25, -0.2) is 0 Å². The van der Waals surface area contributed by atoms with Crippen LogP contribution in [0.4, 0.5) is 5.69 Å². The molecule has 0 saturated heterocycles. The molecule has 1 aliphatic heterocycles. The number of amides is 1. The van der Waals surface area contributed by atoms with E-state index in [1.165, 1.54) is 0 Å². The minimum Gasteiger partial charge on any atom is -0.486 e. The average Bonchev–Trinajstić information content (AvgIpc) is 2.68. The number of ether oxygens (including phenoxy) is 2. The van der Waals surface area contributed by atoms with E-state index in [1.54, 1.807) is 35.0 Å². The second-order valence-corrected chi connectivity index (χ2v) is 5.82. The summed E-state index contributed by atoms with van der Waals surface area (Å²) < 4.78 is 12.6. The number of fused-ring (bicyclic) bond motifs is 2. The van der Waals surface area contributed by atoms with E-state index >= 15 is 0 Å². The van der Waals surface area contributed by atoms with Crippen molar-refractivity contribution in [3.63, 3.8) is 0 Å². The monoisotopic (exact) mass is 351 g/mol. The molecular weight excluding hydrogens is 334 g/mol. The Bertz CT molecular complexity index is 1060. The van der Waals surface area contributed by atoms with Crippen molar-refractivity contribution in [2.45, 2.75) is 13.5 Å². The van der Waals surface area contributed by atoms with Crippen LogP contribution in [0, 0.1) is 0 Å². The molecule has 0 bridgehead atoms. The van der Waals surface area contributed by atoms with Crippen LogP contribution < -0.4 is 20.2 Å². The van der Waals surface area contributed by atoms with Gasteiger partial charge in [-0.1, -0.05) is 12.1 Å². The van der Waals surface area contributed by atoms with Crippen molar-refractivity contribution in [3.05, 3.63) is 58.4 Å². The highest BCUT2D eigenvalue weighted by atomic mass is 16.6. The third-order valence-electron chi connectivity index (χ3n) is 4.18. The molecule has 1 aliphatic rings. The third-order valence-corrected chi connectivity index (χ3v) is 4.18. The maximum Gasteiger partial charge on any atom is 0.280 e. The van der Waals surface area contributed by atoms with Crippen LogP contribution in [0.1, 0.15) is 17.4 Å². The maximum atomic E-state index is 12.7. The van der Waals surface area contributed by atoms with Gasteiger partial charge in [0.05, 0.1) is 5.52 Å². The zero-order chi connectivity index (χ0) is 18.1. The molecule has 1 aromatic heterocycles. The topological polar surface area (TPSA) is 82.5 Å². The lowest BCUT2D eigenvalue weighted by Gasteiger charge is -2.19. The van der Waals surface area contributed by atoms with E-state index in [-0.39, 0.29) is 11.1 Å². The van der Waals surface area contributed by atoms with Gasteiger partial charge in [-0.15, -0.1) is 0 Å². The number of nitrogens with one attached hydrogen (secondary N) is 1. The van der Waals surface area contributed by atoms with Crippen molar-refractivity contribution in [1.82, 2.24) is 9.78 Å². The second-order valence-electron chi connectivity index (χ2n) is 5.82. The summed E-state index contributed by atoms with van der Waals surface area (Å²) >= 11 is 0. The molecule has 0 unspecified atom stereocenters. The molecule has 0 atom stereocenters. The number of nitrogens with zero attached hydrogens (tertiary/aromatic N) is 2. The predicted molar refractivity (Wildman–Crippen MR) is 97.1 cm³/mol. The second kappa shape index (κ2) is 6.51. The van der Waals surface area contributed by atoms with E-state index in [2.05, 4.69) is 10.4 Å². The summed E-state index contributed by atoms with van der Waals surface area (Å²) in [6, 6.07) is 12.2. The molecule has 0 aliphatic carbocycles. The molecule has 0 spiro atoms. The first-order chi connectivity index (χ1) is 12.7. The van der Waals surface area contributed by atoms with Gasteiger partial charge in [0.2, 0.25) is 5.43 Å². The van der Waals surface area contributed by atoms with E-state index in [4.69, 9.17) is 9.47 Å². The summed E-state index contributed by atoms with van der Waals surface area (Å²) in [7, 11) is 0. The lowest BCUT2D eigenvalue weighted by Crippen LogP contribution is -2.27. The average molecular weight is 351 g/mol. The Kier molecular flexibility index (Phi) is 4.04. The summed E-state index contributed by atoms with van der Waals surface area (Å²) in [6.07, 6.45) is 0. The molecular formula is C19H17N3O4. The van der Waals surface area contributed by atoms with Crippen molar-refractivity contribution < 1.29 is 14.3 Å². The maximum absolute atomic E-state index is 12.7. The van der Waals surface area contributed by atoms with Gasteiger partial charge in [0.15, 0.2) is 17.2 Å². The van der Waals surface area contributed by atoms with Crippen molar-refractivity contribution in [1.29, 1.82) is 0 Å². The van der Waals surface area contributed by atoms with Crippen molar-refractivity contribution in [2.24, 2.45) is 0 Å². The van der Waals surface area contributed by atoms with Gasteiger partial charge in [0.25, 0.3) is 5.91 Å². The van der Waals surface area contributed by atoms with Gasteiger partial charge >= 0.3 is 0 Å². The standard InChI is InChI=1S/C19H17N3O4/c1-2-22-14-6-4-3-5-13(14)18(23)17(21-22)19(24)20-12-7-8-15-16(11-12)26-10-9-25-15/h3-8,11H,2,9-10H2,1H3,(H,20,24). The van der Waals surface area contributed by atoms with Gasteiger partial charge in [-0.3, -0.25) is 14.3 Å². The fourth-order valence-corrected chi connectivity index (χ4v) is 2.94. The van der Waals surface area contributed by atoms with Gasteiger partial charge in [-0.05, 0) is 31.2 Å². The van der Waals surface area contributed by atoms with E-state index < -0.39 is 5.91 Å². The van der Waals surface area contributed by atoms with Gasteiger partial charge in [0, 0.05) is 23.7 Å². The molecule has 4 rings (SSSR count). The minimum absolute atomic E-state index is 0.138. The molecule has 2 heterocycles. The number of aromatic nitrogens is 2. The number of carbonyl (C=O) groups is 1. The normalized spacial score (nSPS) is 12.8. The minimum atomic E-state index is -0.556. The molecule has 0 fully saturated rings. The molecule has 0 radical (unpaired) electrons. The van der Waals surface area contributed by atoms with Crippen LogP contribution in [-0.4, -0.2) is 28.9 Å². The van der Waals surface area contributed by atoms with Crippen LogP contribution in [0.2, 0.25) is 0 Å². The Balaban J connectivity index is 1.70. The third kappa shape index (κ3) is 2.77. The summed E-state index contributed by atoms with van der Waals surface area (Å²) in [5, 5.41) is 7.42. The van der Waals surface area contributed by atoms with Crippen LogP contribution in [0.5, 0.6) is 11.5 Å². The fourth-order valence-electron chi connectivity index (χ4n) is 2.94. The SMILES string of the molecule is CCn1nc(C(=O)Nc2ccc3c(c2)OCCO3)c(=O)c2ccccc21. The molecule has 2 aromatic carbocycles. The highest BCUT2D eigenvalue weighted by Gasteiger charge is 2.18. The lowest BCUT2D eigenvalue weighted by molar-refractivity contribution is 0.101. The van der Waals surface area contributed by atoms with Gasteiger partial charge in [0.1, 0.15) is 13.2 Å². The van der Waals surface area contributed by atoms with Crippen molar-refractivity contribution in [2.75, 3.05) is 18.5 Å². The molecule has 7 nitrogen and oxygen atoms in total. The summed E-state index contributed by atoms with van der Waals surface area (Å²) in [6.45, 7) is 3.41. The first-order valence-electron chi connectivity index (χ1n) is 8.38. The van der Waals surface area contributed by atoms with Crippen LogP contribution in [0.25, 0.3) is 10.9 Å². The molecule has 7 heteroatoms. The smallest absolute Gasteiger partial charge is 0.280 e. The van der Waals surface area contributed by atoms with E-state index in [1.807, 2.05) is 19.1 Å². The number of hydrogen-bond acceptors (Lipinski definition) is 5. The molecule has 1 amide bonds. The molecule has 0 saturated carbocycles. The highest BCUT2D eigenvalue weighted by molar-refractivity contribution is 6.04. The van der Waals surface area contributed by atoms with E-state index in [9.17, 15) is 9.59 Å². The highest BCUT2D eigenvalue weighted by Crippen LogP contribution is 2.32. The largest absolute Gasteiger partial charge is 0.486 e. The van der Waals surface area contributed by atoms with Crippen molar-refractivity contribution >= 4 is 22.5 Å². The fraction of sp³-hybridized carbons (Fsp3) is 0.211. The zero-order valence-corrected chi connectivity index (χ0v) is 14.2. The summed E-state index contributed by atoms with van der Waals surface area (Å²) in [5.41, 5.74) is 0.688. The lowest BCUT2D eigenvalue weighted by atomic mass is 10.2. The number of para-hydroxylation sites is 1. The number of carbonyl (C=O) groups excluding carboxylic acids is 1. The molecule has 26 heavy (non-hydrogen) atoms. The number of benzene rings is 2. The first-order valence-corrected chi connectivity index (χ1v) is 8.38. The molecule has 1 N–H and O–H groups in total. The van der Waals surface area contributed by atoms with Gasteiger partial charge in [-0.2, -0.15) is 5.10 Å². The van der Waals surface area contributed by atoms with E-state index in [0.29, 0.717) is 47.8 Å². The Morgan fingerprint density at radius 1 is 1.15 bits per heavy atom. The van der Waals surface area contributed by atoms with Crippen LogP contribution >= 0.6 is 0 Å².